The summed E-state index contributed by atoms with van der Waals surface area (Å²) in [7, 11) is 0. The minimum atomic E-state index is -0.618. The van der Waals surface area contributed by atoms with Gasteiger partial charge in [0.1, 0.15) is 12.6 Å². The third-order valence-electron chi connectivity index (χ3n) is 1.15. The van der Waals surface area contributed by atoms with Crippen molar-refractivity contribution >= 4 is 6.29 Å². The van der Waals surface area contributed by atoms with E-state index in [1.807, 2.05) is 0 Å². The van der Waals surface area contributed by atoms with Crippen molar-refractivity contribution in [3.63, 3.8) is 0 Å². The van der Waals surface area contributed by atoms with Gasteiger partial charge in [-0.05, 0) is 0 Å². The van der Waals surface area contributed by atoms with Gasteiger partial charge in [-0.25, -0.2) is 0 Å². The molecule has 0 radical (unpaired) electrons. The normalized spacial score (nSPS) is 32.0. The lowest BCUT2D eigenvalue weighted by molar-refractivity contribution is -0.118. The first-order valence-electron chi connectivity index (χ1n) is 2.88. The minimum absolute atomic E-state index is 0.0513. The predicted octanol–water partition coefficient (Wildman–Crippen LogP) is -0.307. The van der Waals surface area contributed by atoms with E-state index in [1.54, 1.807) is 0 Å². The maximum atomic E-state index is 10.0. The van der Waals surface area contributed by atoms with Crippen LogP contribution in [0.25, 0.3) is 0 Å². The van der Waals surface area contributed by atoms with E-state index in [9.17, 15) is 9.70 Å². The van der Waals surface area contributed by atoms with Crippen LogP contribution in [0.3, 0.4) is 0 Å². The van der Waals surface area contributed by atoms with Crippen LogP contribution in [0.15, 0.2) is 5.18 Å². The molecule has 1 rings (SSSR count). The summed E-state index contributed by atoms with van der Waals surface area (Å²) in [6.07, 6.45) is -0.496. The summed E-state index contributed by atoms with van der Waals surface area (Å²) < 4.78 is 9.72. The molecule has 5 heteroatoms. The highest BCUT2D eigenvalue weighted by Crippen LogP contribution is 2.09. The summed E-state index contributed by atoms with van der Waals surface area (Å²) in [5.41, 5.74) is 0. The lowest BCUT2D eigenvalue weighted by atomic mass is 10.4. The number of hydrogen-bond acceptors (Lipinski definition) is 5. The van der Waals surface area contributed by atoms with Crippen LogP contribution < -0.4 is 0 Å². The molecule has 5 nitrogen and oxygen atoms in total. The number of nitrogens with zero attached hydrogens (tertiary/aromatic N) is 1. The van der Waals surface area contributed by atoms with Crippen LogP contribution in [0.2, 0.25) is 0 Å². The number of aldehydes is 1. The van der Waals surface area contributed by atoms with Gasteiger partial charge >= 0.3 is 0 Å². The molecule has 1 aliphatic heterocycles. The van der Waals surface area contributed by atoms with E-state index in [0.29, 0.717) is 6.29 Å². The summed E-state index contributed by atoms with van der Waals surface area (Å²) >= 11 is 0. The van der Waals surface area contributed by atoms with Crippen molar-refractivity contribution in [1.29, 1.82) is 0 Å². The van der Waals surface area contributed by atoms with Crippen molar-refractivity contribution in [1.82, 2.24) is 0 Å². The van der Waals surface area contributed by atoms with Crippen molar-refractivity contribution < 1.29 is 14.3 Å². The molecular formula is C5H7NO4. The van der Waals surface area contributed by atoms with Gasteiger partial charge in [-0.2, -0.15) is 4.91 Å². The Morgan fingerprint density at radius 2 is 2.50 bits per heavy atom. The Morgan fingerprint density at radius 1 is 1.70 bits per heavy atom. The fourth-order valence-electron chi connectivity index (χ4n) is 0.704. The Kier molecular flexibility index (Phi) is 2.47. The highest BCUT2D eigenvalue weighted by molar-refractivity contribution is 5.56. The van der Waals surface area contributed by atoms with E-state index in [2.05, 4.69) is 5.18 Å². The van der Waals surface area contributed by atoms with E-state index in [0.717, 1.165) is 0 Å². The molecule has 0 saturated carbocycles. The largest absolute Gasteiger partial charge is 0.347 e. The smallest absolute Gasteiger partial charge is 0.181 e. The summed E-state index contributed by atoms with van der Waals surface area (Å²) in [5.74, 6) is 0. The zero-order valence-electron chi connectivity index (χ0n) is 5.23. The quantitative estimate of drug-likeness (QED) is 0.403. The number of carbonyl (C=O) groups excluding carboxylic acids is 1. The molecule has 1 aliphatic rings. The van der Waals surface area contributed by atoms with E-state index >= 15 is 0 Å². The Hall–Kier alpha value is -0.810. The standard InChI is InChI=1S/C5H7NO4/c7-2-4-3-9-5(10-4)1-6-8/h2,4-5H,1,3H2. The Morgan fingerprint density at radius 3 is 3.00 bits per heavy atom. The Bertz CT molecular complexity index is 138. The van der Waals surface area contributed by atoms with Gasteiger partial charge in [0.25, 0.3) is 0 Å². The topological polar surface area (TPSA) is 65.0 Å². The van der Waals surface area contributed by atoms with E-state index < -0.39 is 12.4 Å². The van der Waals surface area contributed by atoms with Crippen LogP contribution in [-0.2, 0) is 14.3 Å². The Balaban J connectivity index is 2.27. The van der Waals surface area contributed by atoms with E-state index in [-0.39, 0.29) is 13.2 Å². The molecule has 0 N–H and O–H groups in total. The number of hydrogen-bond donors (Lipinski definition) is 0. The highest BCUT2D eigenvalue weighted by Gasteiger charge is 2.25. The fraction of sp³-hybridized carbons (Fsp3) is 0.800. The molecule has 56 valence electrons. The summed E-state index contributed by atoms with van der Waals surface area (Å²) in [6.45, 7) is 0.175. The monoisotopic (exact) mass is 145 g/mol. The van der Waals surface area contributed by atoms with Crippen molar-refractivity contribution in [2.45, 2.75) is 12.4 Å². The van der Waals surface area contributed by atoms with Gasteiger partial charge in [0.2, 0.25) is 0 Å². The van der Waals surface area contributed by atoms with Crippen LogP contribution in [0.4, 0.5) is 0 Å². The number of rotatable bonds is 3. The highest BCUT2D eigenvalue weighted by atomic mass is 16.7. The van der Waals surface area contributed by atoms with E-state index in [1.165, 1.54) is 0 Å². The van der Waals surface area contributed by atoms with Gasteiger partial charge in [-0.3, -0.25) is 0 Å². The van der Waals surface area contributed by atoms with E-state index in [4.69, 9.17) is 9.47 Å². The van der Waals surface area contributed by atoms with Crippen molar-refractivity contribution in [3.8, 4) is 0 Å². The molecule has 1 heterocycles. The van der Waals surface area contributed by atoms with Gasteiger partial charge in [0.15, 0.2) is 12.6 Å². The molecule has 1 fully saturated rings. The predicted molar refractivity (Wildman–Crippen MR) is 31.3 cm³/mol. The van der Waals surface area contributed by atoms with Crippen LogP contribution in [-0.4, -0.2) is 31.8 Å². The fourth-order valence-corrected chi connectivity index (χ4v) is 0.704. The third kappa shape index (κ3) is 1.58. The molecule has 0 bridgehead atoms. The van der Waals surface area contributed by atoms with Crippen LogP contribution in [0.5, 0.6) is 0 Å². The van der Waals surface area contributed by atoms with Gasteiger partial charge in [-0.1, -0.05) is 5.18 Å². The second kappa shape index (κ2) is 3.38. The summed E-state index contributed by atoms with van der Waals surface area (Å²) in [6, 6.07) is 0. The number of nitroso groups, excluding NO2 is 1. The molecule has 0 amide bonds. The molecule has 2 unspecified atom stereocenters. The van der Waals surface area contributed by atoms with Gasteiger partial charge in [-0.15, -0.1) is 0 Å². The molecule has 2 atom stereocenters. The summed E-state index contributed by atoms with van der Waals surface area (Å²) in [5, 5.41) is 2.57. The van der Waals surface area contributed by atoms with Crippen molar-refractivity contribution in [2.24, 2.45) is 5.18 Å². The first-order valence-corrected chi connectivity index (χ1v) is 2.88. The van der Waals surface area contributed by atoms with Crippen molar-refractivity contribution in [2.75, 3.05) is 13.2 Å². The molecule has 1 saturated heterocycles. The molecule has 0 aromatic carbocycles. The first kappa shape index (κ1) is 7.30. The molecule has 0 spiro atoms. The second-order valence-corrected chi connectivity index (χ2v) is 1.89. The molecule has 0 aliphatic carbocycles. The molecule has 0 aromatic rings. The van der Waals surface area contributed by atoms with Gasteiger partial charge in [0, 0.05) is 0 Å². The van der Waals surface area contributed by atoms with Crippen LogP contribution >= 0.6 is 0 Å². The molecule has 0 aromatic heterocycles. The summed E-state index contributed by atoms with van der Waals surface area (Å²) in [4.78, 5) is 19.7. The lowest BCUT2D eigenvalue weighted by Gasteiger charge is -2.01. The average Bonchev–Trinajstić information content (AvgIpc) is 2.37. The molecular weight excluding hydrogens is 138 g/mol. The van der Waals surface area contributed by atoms with Crippen LogP contribution in [0.1, 0.15) is 0 Å². The zero-order valence-corrected chi connectivity index (χ0v) is 5.23. The van der Waals surface area contributed by atoms with Gasteiger partial charge in [0.05, 0.1) is 6.61 Å². The third-order valence-corrected chi connectivity index (χ3v) is 1.15. The maximum absolute atomic E-state index is 10.0. The Labute approximate surface area is 57.3 Å². The lowest BCUT2D eigenvalue weighted by Crippen LogP contribution is -2.15. The minimum Gasteiger partial charge on any atom is -0.347 e. The first-order chi connectivity index (χ1) is 4.86. The number of ether oxygens (including phenoxy) is 2. The van der Waals surface area contributed by atoms with Crippen LogP contribution in [0, 0.1) is 4.91 Å². The number of carbonyl (C=O) groups is 1. The zero-order chi connectivity index (χ0) is 7.40. The van der Waals surface area contributed by atoms with Crippen molar-refractivity contribution in [3.05, 3.63) is 4.91 Å². The SMILES string of the molecule is O=CC1COC(CN=O)O1. The van der Waals surface area contributed by atoms with Gasteiger partial charge < -0.3 is 14.3 Å². The maximum Gasteiger partial charge on any atom is 0.181 e. The average molecular weight is 145 g/mol. The molecule has 10 heavy (non-hydrogen) atoms. The second-order valence-electron chi connectivity index (χ2n) is 1.89.